The van der Waals surface area contributed by atoms with Gasteiger partial charge in [-0.1, -0.05) is 0 Å². The lowest BCUT2D eigenvalue weighted by atomic mass is 10.2. The van der Waals surface area contributed by atoms with Gasteiger partial charge in [0.1, 0.15) is 12.0 Å². The van der Waals surface area contributed by atoms with Crippen molar-refractivity contribution in [1.29, 1.82) is 0 Å². The van der Waals surface area contributed by atoms with Crippen LogP contribution < -0.4 is 15.5 Å². The number of rotatable bonds is 4. The van der Waals surface area contributed by atoms with E-state index in [1.54, 1.807) is 11.3 Å². The van der Waals surface area contributed by atoms with Crippen molar-refractivity contribution >= 4 is 33.9 Å². The first-order chi connectivity index (χ1) is 11.5. The zero-order valence-corrected chi connectivity index (χ0v) is 13.8. The van der Waals surface area contributed by atoms with E-state index >= 15 is 0 Å². The topological polar surface area (TPSA) is 118 Å². The minimum Gasteiger partial charge on any atom is -0.365 e. The van der Waals surface area contributed by atoms with Crippen molar-refractivity contribution in [2.24, 2.45) is 5.73 Å². The van der Waals surface area contributed by atoms with Crippen LogP contribution in [0.15, 0.2) is 17.6 Å². The molecule has 0 aromatic carbocycles. The van der Waals surface area contributed by atoms with E-state index in [9.17, 15) is 14.9 Å². The van der Waals surface area contributed by atoms with Crippen molar-refractivity contribution in [3.05, 3.63) is 39.0 Å². The molecule has 0 bridgehead atoms. The minimum absolute atomic E-state index is 0.0720. The molecule has 0 radical (unpaired) electrons. The SMILES string of the molecule is Cc1csc(N2CCN(c3ncc([N+](=O)[O-])cc3C(N)=O)CC2)n1. The van der Waals surface area contributed by atoms with Crippen molar-refractivity contribution in [1.82, 2.24) is 9.97 Å². The van der Waals surface area contributed by atoms with Gasteiger partial charge in [-0.25, -0.2) is 9.97 Å². The lowest BCUT2D eigenvalue weighted by Gasteiger charge is -2.35. The summed E-state index contributed by atoms with van der Waals surface area (Å²) in [6.07, 6.45) is 1.15. The number of nitrogens with zero attached hydrogens (tertiary/aromatic N) is 5. The maximum atomic E-state index is 11.6. The summed E-state index contributed by atoms with van der Waals surface area (Å²) in [6.45, 7) is 4.66. The Morgan fingerprint density at radius 2 is 2.00 bits per heavy atom. The van der Waals surface area contributed by atoms with Crippen molar-refractivity contribution < 1.29 is 9.72 Å². The molecule has 0 unspecified atom stereocenters. The Bertz CT molecular complexity index is 785. The number of nitrogens with two attached hydrogens (primary N) is 1. The quantitative estimate of drug-likeness (QED) is 0.651. The van der Waals surface area contributed by atoms with E-state index in [-0.39, 0.29) is 11.3 Å². The molecule has 0 aliphatic carbocycles. The number of anilines is 2. The molecule has 1 aliphatic rings. The summed E-state index contributed by atoms with van der Waals surface area (Å²) in [4.78, 5) is 34.6. The fraction of sp³-hybridized carbons (Fsp3) is 0.357. The van der Waals surface area contributed by atoms with Gasteiger partial charge in [-0.3, -0.25) is 14.9 Å². The largest absolute Gasteiger partial charge is 0.365 e. The Hall–Kier alpha value is -2.75. The van der Waals surface area contributed by atoms with Gasteiger partial charge in [-0.15, -0.1) is 11.3 Å². The third kappa shape index (κ3) is 3.13. The molecular formula is C14H16N6O3S. The number of carbonyl (C=O) groups is 1. The molecule has 126 valence electrons. The van der Waals surface area contributed by atoms with Gasteiger partial charge in [0.2, 0.25) is 0 Å². The number of hydrogen-bond acceptors (Lipinski definition) is 8. The zero-order valence-electron chi connectivity index (χ0n) is 13.0. The van der Waals surface area contributed by atoms with Crippen LogP contribution in [0, 0.1) is 17.0 Å². The molecule has 3 rings (SSSR count). The van der Waals surface area contributed by atoms with Gasteiger partial charge in [-0.2, -0.15) is 0 Å². The number of aromatic nitrogens is 2. The number of piperazine rings is 1. The molecular weight excluding hydrogens is 332 g/mol. The van der Waals surface area contributed by atoms with Crippen LogP contribution in [0.25, 0.3) is 0 Å². The number of nitro groups is 1. The van der Waals surface area contributed by atoms with Gasteiger partial charge in [0.15, 0.2) is 5.13 Å². The van der Waals surface area contributed by atoms with E-state index in [4.69, 9.17) is 5.73 Å². The first-order valence-corrected chi connectivity index (χ1v) is 8.20. The molecule has 2 aromatic heterocycles. The van der Waals surface area contributed by atoms with Crippen LogP contribution in [0.1, 0.15) is 16.1 Å². The number of carbonyl (C=O) groups excluding carboxylic acids is 1. The Balaban J connectivity index is 1.78. The minimum atomic E-state index is -0.723. The fourth-order valence-electron chi connectivity index (χ4n) is 2.58. The van der Waals surface area contributed by atoms with E-state index in [2.05, 4.69) is 14.9 Å². The molecule has 1 aliphatic heterocycles. The highest BCUT2D eigenvalue weighted by Crippen LogP contribution is 2.26. The zero-order chi connectivity index (χ0) is 17.3. The monoisotopic (exact) mass is 348 g/mol. The maximum Gasteiger partial charge on any atom is 0.288 e. The molecule has 1 saturated heterocycles. The first-order valence-electron chi connectivity index (χ1n) is 7.32. The standard InChI is InChI=1S/C14H16N6O3S/c1-9-8-24-14(17-9)19-4-2-18(3-5-19)13-11(12(15)21)6-10(7-16-13)20(22)23/h6-8H,2-5H2,1H3,(H2,15,21). The molecule has 0 saturated carbocycles. The number of amides is 1. The third-order valence-electron chi connectivity index (χ3n) is 3.79. The highest BCUT2D eigenvalue weighted by molar-refractivity contribution is 7.13. The number of pyridine rings is 1. The molecule has 1 fully saturated rings. The molecule has 2 aromatic rings. The molecule has 3 heterocycles. The second-order valence-corrected chi connectivity index (χ2v) is 6.27. The second kappa shape index (κ2) is 6.40. The Morgan fingerprint density at radius 3 is 2.54 bits per heavy atom. The van der Waals surface area contributed by atoms with Crippen LogP contribution in [-0.4, -0.2) is 47.0 Å². The summed E-state index contributed by atoms with van der Waals surface area (Å²) in [5.74, 6) is -0.331. The van der Waals surface area contributed by atoms with Crippen LogP contribution in [0.2, 0.25) is 0 Å². The summed E-state index contributed by atoms with van der Waals surface area (Å²) in [5, 5.41) is 13.8. The number of hydrogen-bond donors (Lipinski definition) is 1. The lowest BCUT2D eigenvalue weighted by Crippen LogP contribution is -2.47. The molecule has 9 nitrogen and oxygen atoms in total. The number of primary amides is 1. The van der Waals surface area contributed by atoms with Crippen LogP contribution in [0.4, 0.5) is 16.6 Å². The van der Waals surface area contributed by atoms with Gasteiger partial charge in [0.25, 0.3) is 11.6 Å². The fourth-order valence-corrected chi connectivity index (χ4v) is 3.43. The van der Waals surface area contributed by atoms with Gasteiger partial charge in [-0.05, 0) is 6.92 Å². The normalized spacial score (nSPS) is 14.7. The van der Waals surface area contributed by atoms with E-state index in [0.717, 1.165) is 30.1 Å². The smallest absolute Gasteiger partial charge is 0.288 e. The van der Waals surface area contributed by atoms with Gasteiger partial charge in [0, 0.05) is 37.6 Å². The highest BCUT2D eigenvalue weighted by atomic mass is 32.1. The summed E-state index contributed by atoms with van der Waals surface area (Å²) >= 11 is 1.60. The molecule has 2 N–H and O–H groups in total. The average Bonchev–Trinajstić information content (AvgIpc) is 3.01. The molecule has 24 heavy (non-hydrogen) atoms. The summed E-state index contributed by atoms with van der Waals surface area (Å²) in [6, 6.07) is 1.18. The third-order valence-corrected chi connectivity index (χ3v) is 4.80. The van der Waals surface area contributed by atoms with Crippen LogP contribution >= 0.6 is 11.3 Å². The van der Waals surface area contributed by atoms with Gasteiger partial charge >= 0.3 is 0 Å². The Kier molecular flexibility index (Phi) is 4.30. The Labute approximate surface area is 141 Å². The van der Waals surface area contributed by atoms with Crippen molar-refractivity contribution in [3.63, 3.8) is 0 Å². The van der Waals surface area contributed by atoms with E-state index < -0.39 is 10.8 Å². The molecule has 1 amide bonds. The number of thiazole rings is 1. The lowest BCUT2D eigenvalue weighted by molar-refractivity contribution is -0.385. The van der Waals surface area contributed by atoms with Crippen LogP contribution in [0.5, 0.6) is 0 Å². The van der Waals surface area contributed by atoms with Crippen molar-refractivity contribution in [3.8, 4) is 0 Å². The van der Waals surface area contributed by atoms with Crippen LogP contribution in [0.3, 0.4) is 0 Å². The molecule has 10 heteroatoms. The van der Waals surface area contributed by atoms with E-state index in [1.807, 2.05) is 17.2 Å². The van der Waals surface area contributed by atoms with E-state index in [0.29, 0.717) is 18.9 Å². The van der Waals surface area contributed by atoms with Crippen molar-refractivity contribution in [2.45, 2.75) is 6.92 Å². The van der Waals surface area contributed by atoms with E-state index in [1.165, 1.54) is 6.07 Å². The Morgan fingerprint density at radius 1 is 1.33 bits per heavy atom. The predicted molar refractivity (Wildman–Crippen MR) is 90.7 cm³/mol. The molecule has 0 atom stereocenters. The van der Waals surface area contributed by atoms with Gasteiger partial charge < -0.3 is 15.5 Å². The first kappa shape index (κ1) is 16.1. The van der Waals surface area contributed by atoms with Crippen LogP contribution in [-0.2, 0) is 0 Å². The highest BCUT2D eigenvalue weighted by Gasteiger charge is 2.25. The molecule has 0 spiro atoms. The predicted octanol–water partition coefficient (Wildman–Crippen LogP) is 1.18. The summed E-state index contributed by atoms with van der Waals surface area (Å²) in [7, 11) is 0. The summed E-state index contributed by atoms with van der Waals surface area (Å²) < 4.78 is 0. The van der Waals surface area contributed by atoms with Crippen molar-refractivity contribution in [2.75, 3.05) is 36.0 Å². The maximum absolute atomic E-state index is 11.6. The second-order valence-electron chi connectivity index (χ2n) is 5.43. The number of aryl methyl sites for hydroxylation is 1. The summed E-state index contributed by atoms with van der Waals surface area (Å²) in [5.41, 5.74) is 6.18. The average molecular weight is 348 g/mol. The van der Waals surface area contributed by atoms with Gasteiger partial charge in [0.05, 0.1) is 16.2 Å².